The zero-order chi connectivity index (χ0) is 10.7. The van der Waals surface area contributed by atoms with Crippen LogP contribution in [0.3, 0.4) is 0 Å². The fourth-order valence-corrected chi connectivity index (χ4v) is 1.52. The molecule has 1 aliphatic carbocycles. The fraction of sp³-hybridized carbons (Fsp3) is 0.545. The summed E-state index contributed by atoms with van der Waals surface area (Å²) in [6.07, 6.45) is 6.14. The van der Waals surface area contributed by atoms with Crippen molar-refractivity contribution in [3.05, 3.63) is 24.2 Å². The molecule has 2 rings (SSSR count). The smallest absolute Gasteiger partial charge is 0.224 e. The summed E-state index contributed by atoms with van der Waals surface area (Å²) in [7, 11) is 0. The van der Waals surface area contributed by atoms with Crippen molar-refractivity contribution >= 4 is 5.91 Å². The second-order valence-corrected chi connectivity index (χ2v) is 4.05. The van der Waals surface area contributed by atoms with Crippen LogP contribution in [0.15, 0.2) is 23.0 Å². The number of hydrogen-bond donors (Lipinski definition) is 2. The van der Waals surface area contributed by atoms with Crippen LogP contribution in [-0.4, -0.2) is 18.5 Å². The van der Waals surface area contributed by atoms with E-state index in [1.807, 2.05) is 6.07 Å². The molecule has 82 valence electrons. The standard InChI is InChI=1S/C11H16N2O2/c12-6-9(5-8-3-4-15-7-8)11(14)13-10-1-2-10/h3-4,7,9-10H,1-2,5-6,12H2,(H,13,14). The van der Waals surface area contributed by atoms with Crippen LogP contribution in [0, 0.1) is 5.92 Å². The highest BCUT2D eigenvalue weighted by atomic mass is 16.3. The molecule has 1 saturated carbocycles. The molecule has 0 aromatic carbocycles. The number of nitrogens with one attached hydrogen (secondary N) is 1. The van der Waals surface area contributed by atoms with E-state index < -0.39 is 0 Å². The van der Waals surface area contributed by atoms with E-state index in [1.165, 1.54) is 0 Å². The third-order valence-corrected chi connectivity index (χ3v) is 2.64. The predicted octanol–water partition coefficient (Wildman–Crippen LogP) is 0.676. The molecule has 1 atom stereocenters. The normalized spacial score (nSPS) is 17.4. The SMILES string of the molecule is NCC(Cc1ccoc1)C(=O)NC1CC1. The van der Waals surface area contributed by atoms with Crippen molar-refractivity contribution in [2.45, 2.75) is 25.3 Å². The lowest BCUT2D eigenvalue weighted by molar-refractivity contribution is -0.124. The van der Waals surface area contributed by atoms with E-state index in [1.54, 1.807) is 12.5 Å². The first kappa shape index (κ1) is 10.2. The Labute approximate surface area is 88.8 Å². The fourth-order valence-electron chi connectivity index (χ4n) is 1.52. The second kappa shape index (κ2) is 4.49. The van der Waals surface area contributed by atoms with Crippen LogP contribution in [0.1, 0.15) is 18.4 Å². The van der Waals surface area contributed by atoms with Crippen LogP contribution < -0.4 is 11.1 Å². The first-order valence-electron chi connectivity index (χ1n) is 5.31. The Bertz CT molecular complexity index is 317. The van der Waals surface area contributed by atoms with Crippen LogP contribution >= 0.6 is 0 Å². The quantitative estimate of drug-likeness (QED) is 0.747. The van der Waals surface area contributed by atoms with Crippen LogP contribution in [-0.2, 0) is 11.2 Å². The number of carbonyl (C=O) groups excluding carboxylic acids is 1. The molecular formula is C11H16N2O2. The Hall–Kier alpha value is -1.29. The molecular weight excluding hydrogens is 192 g/mol. The highest BCUT2D eigenvalue weighted by molar-refractivity contribution is 5.79. The molecule has 1 fully saturated rings. The number of furan rings is 1. The Kier molecular flexibility index (Phi) is 3.06. The molecule has 0 radical (unpaired) electrons. The average molecular weight is 208 g/mol. The van der Waals surface area contributed by atoms with Gasteiger partial charge in [-0.2, -0.15) is 0 Å². The minimum atomic E-state index is -0.136. The monoisotopic (exact) mass is 208 g/mol. The molecule has 1 unspecified atom stereocenters. The lowest BCUT2D eigenvalue weighted by atomic mass is 10.0. The maximum absolute atomic E-state index is 11.7. The van der Waals surface area contributed by atoms with Gasteiger partial charge in [-0.25, -0.2) is 0 Å². The summed E-state index contributed by atoms with van der Waals surface area (Å²) < 4.78 is 4.96. The first-order valence-corrected chi connectivity index (χ1v) is 5.31. The lowest BCUT2D eigenvalue weighted by Crippen LogP contribution is -2.37. The Morgan fingerprint density at radius 2 is 2.47 bits per heavy atom. The van der Waals surface area contributed by atoms with Crippen molar-refractivity contribution in [2.75, 3.05) is 6.54 Å². The average Bonchev–Trinajstić information content (AvgIpc) is 2.89. The zero-order valence-corrected chi connectivity index (χ0v) is 8.61. The van der Waals surface area contributed by atoms with Gasteiger partial charge in [-0.3, -0.25) is 4.79 Å². The molecule has 0 bridgehead atoms. The van der Waals surface area contributed by atoms with Crippen molar-refractivity contribution in [3.8, 4) is 0 Å². The topological polar surface area (TPSA) is 68.3 Å². The van der Waals surface area contributed by atoms with Crippen LogP contribution in [0.5, 0.6) is 0 Å². The summed E-state index contributed by atoms with van der Waals surface area (Å²) in [5.41, 5.74) is 6.62. The van der Waals surface area contributed by atoms with Crippen molar-refractivity contribution in [1.29, 1.82) is 0 Å². The molecule has 0 aliphatic heterocycles. The molecule has 1 aromatic rings. The molecule has 1 aliphatic rings. The van der Waals surface area contributed by atoms with Gasteiger partial charge in [0.15, 0.2) is 0 Å². The molecule has 1 aromatic heterocycles. The number of hydrogen-bond acceptors (Lipinski definition) is 3. The van der Waals surface area contributed by atoms with Gasteiger partial charge in [0.25, 0.3) is 0 Å². The number of rotatable bonds is 5. The van der Waals surface area contributed by atoms with Gasteiger partial charge in [0.1, 0.15) is 0 Å². The summed E-state index contributed by atoms with van der Waals surface area (Å²) in [6.45, 7) is 0.379. The third-order valence-electron chi connectivity index (χ3n) is 2.64. The molecule has 4 heteroatoms. The van der Waals surface area contributed by atoms with E-state index in [0.717, 1.165) is 18.4 Å². The minimum absolute atomic E-state index is 0.0706. The number of amides is 1. The Morgan fingerprint density at radius 3 is 3.00 bits per heavy atom. The van der Waals surface area contributed by atoms with Gasteiger partial charge in [-0.05, 0) is 30.9 Å². The summed E-state index contributed by atoms with van der Waals surface area (Å²) in [5, 5.41) is 2.97. The minimum Gasteiger partial charge on any atom is -0.472 e. The molecule has 0 saturated heterocycles. The second-order valence-electron chi connectivity index (χ2n) is 4.05. The summed E-state index contributed by atoms with van der Waals surface area (Å²) in [5.74, 6) is -0.0654. The van der Waals surface area contributed by atoms with Gasteiger partial charge in [0.05, 0.1) is 18.4 Å². The van der Waals surface area contributed by atoms with E-state index in [2.05, 4.69) is 5.32 Å². The van der Waals surface area contributed by atoms with Crippen LogP contribution in [0.2, 0.25) is 0 Å². The van der Waals surface area contributed by atoms with E-state index in [4.69, 9.17) is 10.2 Å². The van der Waals surface area contributed by atoms with E-state index in [9.17, 15) is 4.79 Å². The molecule has 1 heterocycles. The van der Waals surface area contributed by atoms with E-state index in [-0.39, 0.29) is 11.8 Å². The molecule has 0 spiro atoms. The number of carbonyl (C=O) groups is 1. The van der Waals surface area contributed by atoms with Gasteiger partial charge in [-0.1, -0.05) is 0 Å². The molecule has 3 N–H and O–H groups in total. The van der Waals surface area contributed by atoms with Gasteiger partial charge >= 0.3 is 0 Å². The zero-order valence-electron chi connectivity index (χ0n) is 8.61. The lowest BCUT2D eigenvalue weighted by Gasteiger charge is -2.13. The predicted molar refractivity (Wildman–Crippen MR) is 56.1 cm³/mol. The summed E-state index contributed by atoms with van der Waals surface area (Å²) in [6, 6.07) is 2.27. The summed E-state index contributed by atoms with van der Waals surface area (Å²) in [4.78, 5) is 11.7. The highest BCUT2D eigenvalue weighted by Gasteiger charge is 2.26. The third kappa shape index (κ3) is 2.83. The van der Waals surface area contributed by atoms with Gasteiger partial charge in [0, 0.05) is 12.6 Å². The van der Waals surface area contributed by atoms with E-state index in [0.29, 0.717) is 19.0 Å². The van der Waals surface area contributed by atoms with Crippen LogP contribution in [0.25, 0.3) is 0 Å². The molecule has 15 heavy (non-hydrogen) atoms. The van der Waals surface area contributed by atoms with Gasteiger partial charge in [0.2, 0.25) is 5.91 Å². The largest absolute Gasteiger partial charge is 0.472 e. The van der Waals surface area contributed by atoms with Crippen molar-refractivity contribution in [3.63, 3.8) is 0 Å². The first-order chi connectivity index (χ1) is 7.29. The highest BCUT2D eigenvalue weighted by Crippen LogP contribution is 2.19. The Morgan fingerprint density at radius 1 is 1.67 bits per heavy atom. The van der Waals surface area contributed by atoms with Gasteiger partial charge < -0.3 is 15.5 Å². The van der Waals surface area contributed by atoms with Crippen molar-refractivity contribution in [2.24, 2.45) is 11.7 Å². The van der Waals surface area contributed by atoms with Crippen molar-refractivity contribution in [1.82, 2.24) is 5.32 Å². The Balaban J connectivity index is 1.88. The van der Waals surface area contributed by atoms with Gasteiger partial charge in [-0.15, -0.1) is 0 Å². The van der Waals surface area contributed by atoms with E-state index >= 15 is 0 Å². The number of nitrogens with two attached hydrogens (primary N) is 1. The summed E-state index contributed by atoms with van der Waals surface area (Å²) >= 11 is 0. The maximum Gasteiger partial charge on any atom is 0.224 e. The molecule has 4 nitrogen and oxygen atoms in total. The van der Waals surface area contributed by atoms with Crippen molar-refractivity contribution < 1.29 is 9.21 Å². The van der Waals surface area contributed by atoms with Crippen LogP contribution in [0.4, 0.5) is 0 Å². The molecule has 1 amide bonds. The maximum atomic E-state index is 11.7.